The SMILES string of the molecule is Cc1ccc(OCC#Cc2ccccc2)c(CO)c1. The second-order valence-electron chi connectivity index (χ2n) is 4.23. The van der Waals surface area contributed by atoms with Gasteiger partial charge in [0, 0.05) is 11.1 Å². The first kappa shape index (κ1) is 13.2. The number of hydrogen-bond acceptors (Lipinski definition) is 2. The number of benzene rings is 2. The van der Waals surface area contributed by atoms with Crippen molar-refractivity contribution in [2.45, 2.75) is 13.5 Å². The lowest BCUT2D eigenvalue weighted by Crippen LogP contribution is -1.98. The van der Waals surface area contributed by atoms with Crippen molar-refractivity contribution < 1.29 is 9.84 Å². The van der Waals surface area contributed by atoms with Crippen molar-refractivity contribution in [3.8, 4) is 17.6 Å². The molecule has 0 bridgehead atoms. The van der Waals surface area contributed by atoms with Crippen molar-refractivity contribution in [3.05, 3.63) is 65.2 Å². The molecule has 0 spiro atoms. The first-order valence-electron chi connectivity index (χ1n) is 6.16. The normalized spacial score (nSPS) is 9.58. The van der Waals surface area contributed by atoms with Crippen LogP contribution in [0.2, 0.25) is 0 Å². The van der Waals surface area contributed by atoms with Gasteiger partial charge >= 0.3 is 0 Å². The summed E-state index contributed by atoms with van der Waals surface area (Å²) in [6.45, 7) is 2.27. The first-order valence-corrected chi connectivity index (χ1v) is 6.16. The van der Waals surface area contributed by atoms with Gasteiger partial charge in [-0.15, -0.1) is 0 Å². The maximum atomic E-state index is 9.26. The number of aliphatic hydroxyl groups excluding tert-OH is 1. The van der Waals surface area contributed by atoms with Crippen LogP contribution in [0.3, 0.4) is 0 Å². The van der Waals surface area contributed by atoms with Gasteiger partial charge in [-0.1, -0.05) is 47.7 Å². The summed E-state index contributed by atoms with van der Waals surface area (Å²) in [4.78, 5) is 0. The number of rotatable bonds is 3. The fraction of sp³-hybridized carbons (Fsp3) is 0.176. The molecule has 2 aromatic carbocycles. The van der Waals surface area contributed by atoms with Crippen LogP contribution in [0.4, 0.5) is 0 Å². The number of hydrogen-bond donors (Lipinski definition) is 1. The predicted octanol–water partition coefficient (Wildman–Crippen LogP) is 2.92. The van der Waals surface area contributed by atoms with Crippen LogP contribution < -0.4 is 4.74 Å². The second kappa shape index (κ2) is 6.63. The molecule has 0 aliphatic heterocycles. The maximum Gasteiger partial charge on any atom is 0.149 e. The quantitative estimate of drug-likeness (QED) is 0.851. The molecule has 2 rings (SSSR count). The second-order valence-corrected chi connectivity index (χ2v) is 4.23. The zero-order valence-corrected chi connectivity index (χ0v) is 10.9. The molecule has 2 nitrogen and oxygen atoms in total. The molecule has 0 heterocycles. The molecule has 0 aliphatic carbocycles. The van der Waals surface area contributed by atoms with E-state index in [1.165, 1.54) is 0 Å². The Bertz CT molecular complexity index is 592. The summed E-state index contributed by atoms with van der Waals surface area (Å²) < 4.78 is 5.57. The highest BCUT2D eigenvalue weighted by molar-refractivity contribution is 5.37. The number of aliphatic hydroxyl groups is 1. The lowest BCUT2D eigenvalue weighted by molar-refractivity contribution is 0.270. The number of ether oxygens (including phenoxy) is 1. The van der Waals surface area contributed by atoms with Crippen LogP contribution in [0, 0.1) is 18.8 Å². The van der Waals surface area contributed by atoms with E-state index in [9.17, 15) is 5.11 Å². The van der Waals surface area contributed by atoms with Crippen LogP contribution in [0.25, 0.3) is 0 Å². The van der Waals surface area contributed by atoms with E-state index in [0.29, 0.717) is 12.4 Å². The molecule has 0 amide bonds. The van der Waals surface area contributed by atoms with Crippen LogP contribution in [-0.4, -0.2) is 11.7 Å². The van der Waals surface area contributed by atoms with Crippen LogP contribution in [0.1, 0.15) is 16.7 Å². The zero-order valence-electron chi connectivity index (χ0n) is 10.9. The van der Waals surface area contributed by atoms with Crippen LogP contribution >= 0.6 is 0 Å². The van der Waals surface area contributed by atoms with Gasteiger partial charge in [-0.25, -0.2) is 0 Å². The van der Waals surface area contributed by atoms with Gasteiger partial charge in [0.25, 0.3) is 0 Å². The van der Waals surface area contributed by atoms with E-state index in [0.717, 1.165) is 16.7 Å². The van der Waals surface area contributed by atoms with E-state index in [1.807, 2.05) is 55.5 Å². The Morgan fingerprint density at radius 3 is 2.63 bits per heavy atom. The van der Waals surface area contributed by atoms with Crippen LogP contribution in [0.5, 0.6) is 5.75 Å². The Kier molecular flexibility index (Phi) is 4.60. The summed E-state index contributed by atoms with van der Waals surface area (Å²) in [7, 11) is 0. The Labute approximate surface area is 113 Å². The van der Waals surface area contributed by atoms with Gasteiger partial charge in [0.05, 0.1) is 6.61 Å². The molecule has 1 N–H and O–H groups in total. The van der Waals surface area contributed by atoms with E-state index in [2.05, 4.69) is 11.8 Å². The molecule has 19 heavy (non-hydrogen) atoms. The monoisotopic (exact) mass is 252 g/mol. The van der Waals surface area contributed by atoms with Crippen LogP contribution in [-0.2, 0) is 6.61 Å². The average Bonchev–Trinajstić information content (AvgIpc) is 2.46. The molecular weight excluding hydrogens is 236 g/mol. The summed E-state index contributed by atoms with van der Waals surface area (Å²) in [6, 6.07) is 15.5. The lowest BCUT2D eigenvalue weighted by atomic mass is 10.1. The molecule has 0 fully saturated rings. The smallest absolute Gasteiger partial charge is 0.149 e. The van der Waals surface area contributed by atoms with Gasteiger partial charge in [0.1, 0.15) is 12.4 Å². The van der Waals surface area contributed by atoms with E-state index >= 15 is 0 Å². The highest BCUT2D eigenvalue weighted by Gasteiger charge is 2.01. The van der Waals surface area contributed by atoms with E-state index in [4.69, 9.17) is 4.74 Å². The number of aryl methyl sites for hydroxylation is 1. The lowest BCUT2D eigenvalue weighted by Gasteiger charge is -2.08. The van der Waals surface area contributed by atoms with Gasteiger partial charge in [0.2, 0.25) is 0 Å². The molecule has 0 saturated carbocycles. The fourth-order valence-corrected chi connectivity index (χ4v) is 1.75. The minimum Gasteiger partial charge on any atom is -0.481 e. The molecule has 0 atom stereocenters. The van der Waals surface area contributed by atoms with Crippen molar-refractivity contribution in [2.24, 2.45) is 0 Å². The minimum absolute atomic E-state index is 0.0247. The Morgan fingerprint density at radius 2 is 1.89 bits per heavy atom. The van der Waals surface area contributed by atoms with Gasteiger partial charge in [-0.2, -0.15) is 0 Å². The standard InChI is InChI=1S/C17H16O2/c1-14-9-10-17(16(12-14)13-18)19-11-5-8-15-6-3-2-4-7-15/h2-4,6-7,9-10,12,18H,11,13H2,1H3. The Hall–Kier alpha value is -2.24. The summed E-state index contributed by atoms with van der Waals surface area (Å²) in [6.07, 6.45) is 0. The van der Waals surface area contributed by atoms with Crippen molar-refractivity contribution in [1.82, 2.24) is 0 Å². The molecule has 0 aliphatic rings. The summed E-state index contributed by atoms with van der Waals surface area (Å²) in [5.41, 5.74) is 2.87. The van der Waals surface area contributed by atoms with Gasteiger partial charge in [-0.3, -0.25) is 0 Å². The summed E-state index contributed by atoms with van der Waals surface area (Å²) in [5, 5.41) is 9.26. The van der Waals surface area contributed by atoms with Gasteiger partial charge in [0.15, 0.2) is 0 Å². The zero-order chi connectivity index (χ0) is 13.5. The Morgan fingerprint density at radius 1 is 1.11 bits per heavy atom. The van der Waals surface area contributed by atoms with E-state index in [1.54, 1.807) is 0 Å². The van der Waals surface area contributed by atoms with Crippen molar-refractivity contribution in [3.63, 3.8) is 0 Å². The third kappa shape index (κ3) is 3.87. The van der Waals surface area contributed by atoms with Crippen LogP contribution in [0.15, 0.2) is 48.5 Å². The van der Waals surface area contributed by atoms with Gasteiger partial charge < -0.3 is 9.84 Å². The van der Waals surface area contributed by atoms with Crippen molar-refractivity contribution in [1.29, 1.82) is 0 Å². The molecular formula is C17H16O2. The van der Waals surface area contributed by atoms with Gasteiger partial charge in [-0.05, 0) is 25.1 Å². The molecule has 0 aromatic heterocycles. The van der Waals surface area contributed by atoms with E-state index < -0.39 is 0 Å². The molecule has 2 aromatic rings. The molecule has 96 valence electrons. The fourth-order valence-electron chi connectivity index (χ4n) is 1.75. The van der Waals surface area contributed by atoms with Crippen molar-refractivity contribution in [2.75, 3.05) is 6.61 Å². The predicted molar refractivity (Wildman–Crippen MR) is 75.9 cm³/mol. The topological polar surface area (TPSA) is 29.5 Å². The molecule has 0 saturated heterocycles. The molecule has 0 unspecified atom stereocenters. The maximum absolute atomic E-state index is 9.26. The van der Waals surface area contributed by atoms with Crippen molar-refractivity contribution >= 4 is 0 Å². The third-order valence-electron chi connectivity index (χ3n) is 2.69. The van der Waals surface area contributed by atoms with E-state index in [-0.39, 0.29) is 6.61 Å². The summed E-state index contributed by atoms with van der Waals surface area (Å²) >= 11 is 0. The summed E-state index contributed by atoms with van der Waals surface area (Å²) in [5.74, 6) is 6.68. The Balaban J connectivity index is 1.98. The molecule has 2 heteroatoms. The minimum atomic E-state index is -0.0247. The average molecular weight is 252 g/mol. The highest BCUT2D eigenvalue weighted by Crippen LogP contribution is 2.19. The highest BCUT2D eigenvalue weighted by atomic mass is 16.5. The molecule has 0 radical (unpaired) electrons. The largest absolute Gasteiger partial charge is 0.481 e. The third-order valence-corrected chi connectivity index (χ3v) is 2.69. The first-order chi connectivity index (χ1) is 9.29.